The van der Waals surface area contributed by atoms with Gasteiger partial charge in [0.1, 0.15) is 5.82 Å². The van der Waals surface area contributed by atoms with Crippen molar-refractivity contribution < 1.29 is 18.8 Å². The first-order valence-electron chi connectivity index (χ1n) is 10.5. The van der Waals surface area contributed by atoms with E-state index < -0.39 is 17.8 Å². The van der Waals surface area contributed by atoms with E-state index in [1.54, 1.807) is 24.4 Å². The average molecular weight is 442 g/mol. The second kappa shape index (κ2) is 9.60. The first-order valence-corrected chi connectivity index (χ1v) is 11.5. The molecule has 1 N–H and O–H groups in total. The Balaban J connectivity index is 1.74. The second-order valence-corrected chi connectivity index (χ2v) is 8.99. The summed E-state index contributed by atoms with van der Waals surface area (Å²) in [6.45, 7) is 0. The third-order valence-corrected chi connectivity index (χ3v) is 6.78. The first-order chi connectivity index (χ1) is 15.0. The number of pyridine rings is 1. The van der Waals surface area contributed by atoms with Gasteiger partial charge in [0.05, 0.1) is 11.6 Å². The van der Waals surface area contributed by atoms with E-state index in [0.717, 1.165) is 37.4 Å². The van der Waals surface area contributed by atoms with Gasteiger partial charge in [-0.05, 0) is 49.2 Å². The number of anilines is 1. The molecule has 1 aliphatic carbocycles. The van der Waals surface area contributed by atoms with Gasteiger partial charge in [0.15, 0.2) is 11.2 Å². The van der Waals surface area contributed by atoms with Crippen LogP contribution in [0.2, 0.25) is 0 Å². The van der Waals surface area contributed by atoms with Crippen LogP contribution in [-0.4, -0.2) is 33.7 Å². The highest BCUT2D eigenvalue weighted by Crippen LogP contribution is 2.34. The molecule has 0 unspecified atom stereocenters. The second-order valence-electron chi connectivity index (χ2n) is 7.92. The van der Waals surface area contributed by atoms with Gasteiger partial charge in [0.2, 0.25) is 11.8 Å². The highest BCUT2D eigenvalue weighted by Gasteiger charge is 2.40. The Hall–Kier alpha value is -2.74. The molecule has 2 aromatic rings. The minimum atomic E-state index is -1.01. The molecule has 162 valence electrons. The van der Waals surface area contributed by atoms with E-state index in [1.807, 2.05) is 0 Å². The Kier molecular flexibility index (Phi) is 6.65. The Morgan fingerprint density at radius 2 is 1.87 bits per heavy atom. The van der Waals surface area contributed by atoms with Crippen molar-refractivity contribution in [1.29, 1.82) is 0 Å². The maximum absolute atomic E-state index is 13.6. The third-order valence-electron chi connectivity index (χ3n) is 5.73. The molecule has 1 aromatic carbocycles. The maximum atomic E-state index is 13.6. The fourth-order valence-electron chi connectivity index (χ4n) is 4.14. The summed E-state index contributed by atoms with van der Waals surface area (Å²) in [7, 11) is 0. The lowest BCUT2D eigenvalue weighted by Gasteiger charge is -2.33. The van der Waals surface area contributed by atoms with Gasteiger partial charge < -0.3 is 5.32 Å². The molecule has 4 rings (SSSR count). The summed E-state index contributed by atoms with van der Waals surface area (Å²) in [6.07, 6.45) is 5.62. The van der Waals surface area contributed by atoms with Crippen LogP contribution in [0.15, 0.2) is 48.7 Å². The van der Waals surface area contributed by atoms with Crippen molar-refractivity contribution in [2.75, 3.05) is 10.7 Å². The van der Waals surface area contributed by atoms with Gasteiger partial charge in [-0.1, -0.05) is 30.7 Å². The molecule has 0 radical (unpaired) electrons. The van der Waals surface area contributed by atoms with E-state index in [9.17, 15) is 18.8 Å². The molecule has 2 aliphatic rings. The first kappa shape index (κ1) is 21.5. The van der Waals surface area contributed by atoms with Gasteiger partial charge in [0, 0.05) is 30.1 Å². The van der Waals surface area contributed by atoms with Crippen LogP contribution >= 0.6 is 11.8 Å². The van der Waals surface area contributed by atoms with Gasteiger partial charge in [-0.2, -0.15) is 0 Å². The van der Waals surface area contributed by atoms with E-state index in [2.05, 4.69) is 10.3 Å². The highest BCUT2D eigenvalue weighted by atomic mass is 32.2. The van der Waals surface area contributed by atoms with Crippen LogP contribution in [0.4, 0.5) is 10.1 Å². The molecule has 1 saturated heterocycles. The van der Waals surface area contributed by atoms with Gasteiger partial charge >= 0.3 is 0 Å². The summed E-state index contributed by atoms with van der Waals surface area (Å²) >= 11 is 1.13. The molecular formula is C23H24FN3O3S. The number of benzene rings is 1. The lowest BCUT2D eigenvalue weighted by molar-refractivity contribution is -0.129. The molecule has 2 amide bonds. The number of rotatable bonds is 6. The number of nitrogens with one attached hydrogen (secondary N) is 1. The third kappa shape index (κ3) is 4.95. The standard InChI is InChI=1S/C23H24FN3O3S/c24-16-8-10-18(11-9-16)27(23(30)15-13-20(28)31-14-15)21(19-7-3-4-12-25-19)22(29)26-17-5-1-2-6-17/h3-4,7-12,15,17,21H,1-2,5-6,13-14H2,(H,26,29)/t15-,21+/m1/s1. The number of halogens is 1. The SMILES string of the molecule is O=C1C[C@@H](C(=O)N(c2ccc(F)cc2)[C@H](C(=O)NC2CCCC2)c2ccccn2)CS1. The molecule has 8 heteroatoms. The van der Waals surface area contributed by atoms with Crippen molar-refractivity contribution in [2.45, 2.75) is 44.2 Å². The Morgan fingerprint density at radius 3 is 2.48 bits per heavy atom. The van der Waals surface area contributed by atoms with Crippen LogP contribution in [-0.2, 0) is 14.4 Å². The number of amides is 2. The largest absolute Gasteiger partial charge is 0.351 e. The minimum absolute atomic E-state index is 0.0396. The quantitative estimate of drug-likeness (QED) is 0.741. The number of hydrogen-bond donors (Lipinski definition) is 1. The topological polar surface area (TPSA) is 79.4 Å². The number of thioether (sulfide) groups is 1. The number of hydrogen-bond acceptors (Lipinski definition) is 5. The normalized spacial score (nSPS) is 19.9. The Labute approximate surface area is 184 Å². The van der Waals surface area contributed by atoms with Crippen molar-refractivity contribution in [3.05, 3.63) is 60.2 Å². The van der Waals surface area contributed by atoms with Crippen molar-refractivity contribution in [3.8, 4) is 0 Å². The summed E-state index contributed by atoms with van der Waals surface area (Å²) in [5, 5.41) is 3.03. The van der Waals surface area contributed by atoms with Crippen molar-refractivity contribution in [1.82, 2.24) is 10.3 Å². The average Bonchev–Trinajstić information content (AvgIpc) is 3.44. The highest BCUT2D eigenvalue weighted by molar-refractivity contribution is 8.14. The van der Waals surface area contributed by atoms with E-state index in [1.165, 1.54) is 29.2 Å². The summed E-state index contributed by atoms with van der Waals surface area (Å²) < 4.78 is 13.6. The summed E-state index contributed by atoms with van der Waals surface area (Å²) in [5.41, 5.74) is 0.820. The van der Waals surface area contributed by atoms with E-state index in [4.69, 9.17) is 0 Å². The summed E-state index contributed by atoms with van der Waals surface area (Å²) in [5.74, 6) is -1.25. The molecule has 0 spiro atoms. The molecule has 1 aromatic heterocycles. The van der Waals surface area contributed by atoms with Crippen molar-refractivity contribution >= 4 is 34.4 Å². The maximum Gasteiger partial charge on any atom is 0.249 e. The predicted octanol–water partition coefficient (Wildman–Crippen LogP) is 3.63. The fraction of sp³-hybridized carbons (Fsp3) is 0.391. The Bertz CT molecular complexity index is 948. The fourth-order valence-corrected chi connectivity index (χ4v) is 5.11. The lowest BCUT2D eigenvalue weighted by Crippen LogP contribution is -2.48. The van der Waals surface area contributed by atoms with Crippen LogP contribution in [0.3, 0.4) is 0 Å². The van der Waals surface area contributed by atoms with Crippen molar-refractivity contribution in [3.63, 3.8) is 0 Å². The summed E-state index contributed by atoms with van der Waals surface area (Å²) in [4.78, 5) is 44.6. The van der Waals surface area contributed by atoms with Crippen LogP contribution in [0.25, 0.3) is 0 Å². The zero-order valence-corrected chi connectivity index (χ0v) is 17.8. The Morgan fingerprint density at radius 1 is 1.13 bits per heavy atom. The molecule has 31 heavy (non-hydrogen) atoms. The zero-order chi connectivity index (χ0) is 21.8. The van der Waals surface area contributed by atoms with Gasteiger partial charge in [0.25, 0.3) is 0 Å². The number of aromatic nitrogens is 1. The summed E-state index contributed by atoms with van der Waals surface area (Å²) in [6, 6.07) is 9.74. The van der Waals surface area contributed by atoms with Gasteiger partial charge in [-0.25, -0.2) is 4.39 Å². The van der Waals surface area contributed by atoms with Crippen LogP contribution in [0, 0.1) is 11.7 Å². The van der Waals surface area contributed by atoms with E-state index in [-0.39, 0.29) is 29.4 Å². The monoisotopic (exact) mass is 441 g/mol. The van der Waals surface area contributed by atoms with E-state index in [0.29, 0.717) is 17.1 Å². The smallest absolute Gasteiger partial charge is 0.249 e. The molecule has 2 fully saturated rings. The number of carbonyl (C=O) groups excluding carboxylic acids is 3. The van der Waals surface area contributed by atoms with Crippen LogP contribution < -0.4 is 10.2 Å². The number of nitrogens with zero attached hydrogens (tertiary/aromatic N) is 2. The van der Waals surface area contributed by atoms with E-state index >= 15 is 0 Å². The predicted molar refractivity (Wildman–Crippen MR) is 117 cm³/mol. The lowest BCUT2D eigenvalue weighted by atomic mass is 10.0. The molecule has 6 nitrogen and oxygen atoms in total. The zero-order valence-electron chi connectivity index (χ0n) is 17.0. The van der Waals surface area contributed by atoms with Crippen LogP contribution in [0.5, 0.6) is 0 Å². The molecular weight excluding hydrogens is 417 g/mol. The molecule has 0 bridgehead atoms. The minimum Gasteiger partial charge on any atom is -0.351 e. The number of carbonyl (C=O) groups is 3. The van der Waals surface area contributed by atoms with Gasteiger partial charge in [-0.15, -0.1) is 0 Å². The van der Waals surface area contributed by atoms with Gasteiger partial charge in [-0.3, -0.25) is 24.3 Å². The molecule has 2 atom stereocenters. The molecule has 2 heterocycles. The molecule has 1 aliphatic heterocycles. The van der Waals surface area contributed by atoms with Crippen LogP contribution in [0.1, 0.15) is 43.8 Å². The van der Waals surface area contributed by atoms with Crippen molar-refractivity contribution in [2.24, 2.45) is 5.92 Å². The molecule has 1 saturated carbocycles.